The molecule has 1 aromatic heterocycles. The highest BCUT2D eigenvalue weighted by Gasteiger charge is 2.31. The molecule has 1 aliphatic heterocycles. The molecule has 9 heteroatoms. The number of rotatable bonds is 7. The standard InChI is InChI=1S/C18H31N5O2S.HI/c1-4-8-18(2)9-6-13-23(15-18)17(19-3)21-11-12-22-26(24,25)16-7-5-10-20-14-16;/h5,7,10,14,22H,4,6,8-9,11-13,15H2,1-3H3,(H,19,21);1H. The summed E-state index contributed by atoms with van der Waals surface area (Å²) in [7, 11) is -1.75. The number of sulfonamides is 1. The van der Waals surface area contributed by atoms with Gasteiger partial charge in [-0.3, -0.25) is 9.98 Å². The summed E-state index contributed by atoms with van der Waals surface area (Å²) in [5.74, 6) is 0.840. The van der Waals surface area contributed by atoms with Crippen LogP contribution in [0.15, 0.2) is 34.4 Å². The SMILES string of the molecule is CCCC1(C)CCCN(C(=NC)NCCNS(=O)(=O)c2cccnc2)C1.I. The molecule has 0 spiro atoms. The van der Waals surface area contributed by atoms with E-state index in [1.807, 2.05) is 0 Å². The Bertz CT molecular complexity index is 695. The van der Waals surface area contributed by atoms with Crippen LogP contribution in [0.1, 0.15) is 39.5 Å². The summed E-state index contributed by atoms with van der Waals surface area (Å²) >= 11 is 0. The predicted molar refractivity (Wildman–Crippen MR) is 120 cm³/mol. The third kappa shape index (κ3) is 7.19. The van der Waals surface area contributed by atoms with E-state index in [-0.39, 0.29) is 35.4 Å². The maximum atomic E-state index is 12.2. The lowest BCUT2D eigenvalue weighted by Gasteiger charge is -2.42. The summed E-state index contributed by atoms with van der Waals surface area (Å²) in [5.41, 5.74) is 0.326. The van der Waals surface area contributed by atoms with E-state index in [2.05, 4.69) is 38.8 Å². The minimum atomic E-state index is -3.52. The molecule has 1 unspecified atom stereocenters. The molecule has 0 radical (unpaired) electrons. The molecule has 2 heterocycles. The smallest absolute Gasteiger partial charge is 0.242 e. The fourth-order valence-electron chi connectivity index (χ4n) is 3.59. The summed E-state index contributed by atoms with van der Waals surface area (Å²) in [6.07, 6.45) is 7.70. The Morgan fingerprint density at radius 3 is 2.81 bits per heavy atom. The maximum absolute atomic E-state index is 12.2. The summed E-state index contributed by atoms with van der Waals surface area (Å²) in [5, 5.41) is 3.28. The molecule has 7 nitrogen and oxygen atoms in total. The molecule has 1 atom stereocenters. The summed E-state index contributed by atoms with van der Waals surface area (Å²) < 4.78 is 27.0. The molecule has 1 aromatic rings. The Morgan fingerprint density at radius 2 is 2.19 bits per heavy atom. The van der Waals surface area contributed by atoms with E-state index in [4.69, 9.17) is 0 Å². The molecule has 1 fully saturated rings. The quantitative estimate of drug-likeness (QED) is 0.255. The van der Waals surface area contributed by atoms with Gasteiger partial charge in [-0.25, -0.2) is 13.1 Å². The average Bonchev–Trinajstić information content (AvgIpc) is 2.62. The van der Waals surface area contributed by atoms with Crippen molar-refractivity contribution in [3.63, 3.8) is 0 Å². The zero-order valence-corrected chi connectivity index (χ0v) is 19.6. The highest BCUT2D eigenvalue weighted by Crippen LogP contribution is 2.33. The molecular formula is C18H32IN5O2S. The van der Waals surface area contributed by atoms with Crippen molar-refractivity contribution in [2.24, 2.45) is 10.4 Å². The fraction of sp³-hybridized carbons (Fsp3) is 0.667. The third-order valence-electron chi connectivity index (χ3n) is 4.79. The van der Waals surface area contributed by atoms with Crippen LogP contribution in [-0.2, 0) is 10.0 Å². The van der Waals surface area contributed by atoms with Crippen LogP contribution >= 0.6 is 24.0 Å². The second kappa shape index (κ2) is 11.2. The van der Waals surface area contributed by atoms with Crippen molar-refractivity contribution in [2.45, 2.75) is 44.4 Å². The van der Waals surface area contributed by atoms with Gasteiger partial charge in [-0.15, -0.1) is 24.0 Å². The van der Waals surface area contributed by atoms with E-state index in [0.29, 0.717) is 12.0 Å². The van der Waals surface area contributed by atoms with E-state index in [9.17, 15) is 8.42 Å². The van der Waals surface area contributed by atoms with Crippen LogP contribution in [0.5, 0.6) is 0 Å². The van der Waals surface area contributed by atoms with Gasteiger partial charge in [-0.1, -0.05) is 20.3 Å². The number of pyridine rings is 1. The van der Waals surface area contributed by atoms with Gasteiger partial charge in [0.05, 0.1) is 0 Å². The number of nitrogens with zero attached hydrogens (tertiary/aromatic N) is 3. The lowest BCUT2D eigenvalue weighted by atomic mass is 9.78. The lowest BCUT2D eigenvalue weighted by Crippen LogP contribution is -2.50. The predicted octanol–water partition coefficient (Wildman–Crippen LogP) is 2.46. The van der Waals surface area contributed by atoms with Crippen molar-refractivity contribution >= 4 is 40.0 Å². The molecule has 0 aromatic carbocycles. The first-order valence-electron chi connectivity index (χ1n) is 9.25. The van der Waals surface area contributed by atoms with E-state index < -0.39 is 10.0 Å². The van der Waals surface area contributed by atoms with E-state index in [0.717, 1.165) is 25.5 Å². The monoisotopic (exact) mass is 509 g/mol. The molecule has 2 N–H and O–H groups in total. The first kappa shape index (κ1) is 24.1. The van der Waals surface area contributed by atoms with E-state index in [1.165, 1.54) is 31.5 Å². The van der Waals surface area contributed by atoms with Crippen LogP contribution in [-0.4, -0.2) is 57.5 Å². The normalized spacial score (nSPS) is 20.9. The van der Waals surface area contributed by atoms with E-state index >= 15 is 0 Å². The Morgan fingerprint density at radius 1 is 1.41 bits per heavy atom. The zero-order valence-electron chi connectivity index (χ0n) is 16.4. The van der Waals surface area contributed by atoms with Gasteiger partial charge in [0.15, 0.2) is 5.96 Å². The minimum absolute atomic E-state index is 0. The van der Waals surface area contributed by atoms with Gasteiger partial charge in [-0.05, 0) is 36.8 Å². The van der Waals surface area contributed by atoms with Crippen LogP contribution < -0.4 is 10.0 Å². The minimum Gasteiger partial charge on any atom is -0.355 e. The van der Waals surface area contributed by atoms with Crippen molar-refractivity contribution in [1.82, 2.24) is 19.9 Å². The van der Waals surface area contributed by atoms with Crippen LogP contribution in [0, 0.1) is 5.41 Å². The van der Waals surface area contributed by atoms with Gasteiger partial charge in [0.1, 0.15) is 4.90 Å². The molecule has 0 aliphatic carbocycles. The second-order valence-electron chi connectivity index (χ2n) is 7.15. The number of nitrogens with one attached hydrogen (secondary N) is 2. The third-order valence-corrected chi connectivity index (χ3v) is 6.24. The summed E-state index contributed by atoms with van der Waals surface area (Å²) in [6.45, 7) is 7.31. The number of piperidine rings is 1. The maximum Gasteiger partial charge on any atom is 0.242 e. The highest BCUT2D eigenvalue weighted by molar-refractivity contribution is 14.0. The Kier molecular flexibility index (Phi) is 9.96. The van der Waals surface area contributed by atoms with Gasteiger partial charge in [0.25, 0.3) is 0 Å². The van der Waals surface area contributed by atoms with Crippen LogP contribution in [0.25, 0.3) is 0 Å². The number of aliphatic imine (C=N–C) groups is 1. The molecular weight excluding hydrogens is 477 g/mol. The van der Waals surface area contributed by atoms with Crippen LogP contribution in [0.4, 0.5) is 0 Å². The molecule has 0 bridgehead atoms. The molecule has 27 heavy (non-hydrogen) atoms. The van der Waals surface area contributed by atoms with Gasteiger partial charge in [0, 0.05) is 45.6 Å². The number of guanidine groups is 1. The fourth-order valence-corrected chi connectivity index (χ4v) is 4.58. The van der Waals surface area contributed by atoms with Crippen LogP contribution in [0.3, 0.4) is 0 Å². The molecule has 1 saturated heterocycles. The number of hydrogen-bond acceptors (Lipinski definition) is 4. The number of halogens is 1. The molecule has 1 aliphatic rings. The van der Waals surface area contributed by atoms with Gasteiger partial charge >= 0.3 is 0 Å². The molecule has 0 amide bonds. The lowest BCUT2D eigenvalue weighted by molar-refractivity contribution is 0.143. The molecule has 2 rings (SSSR count). The highest BCUT2D eigenvalue weighted by atomic mass is 127. The zero-order chi connectivity index (χ0) is 19.0. The topological polar surface area (TPSA) is 86.7 Å². The second-order valence-corrected chi connectivity index (χ2v) is 8.91. The van der Waals surface area contributed by atoms with Gasteiger partial charge < -0.3 is 10.2 Å². The van der Waals surface area contributed by atoms with Crippen LogP contribution in [0.2, 0.25) is 0 Å². The van der Waals surface area contributed by atoms with Gasteiger partial charge in [-0.2, -0.15) is 0 Å². The largest absolute Gasteiger partial charge is 0.355 e. The Labute approximate surface area is 180 Å². The van der Waals surface area contributed by atoms with Gasteiger partial charge in [0.2, 0.25) is 10.0 Å². The first-order chi connectivity index (χ1) is 12.4. The Balaban J connectivity index is 0.00000364. The van der Waals surface area contributed by atoms with Crippen molar-refractivity contribution < 1.29 is 8.42 Å². The van der Waals surface area contributed by atoms with Crippen molar-refractivity contribution in [3.8, 4) is 0 Å². The summed E-state index contributed by atoms with van der Waals surface area (Å²) in [6, 6.07) is 3.14. The van der Waals surface area contributed by atoms with E-state index in [1.54, 1.807) is 19.3 Å². The molecule has 154 valence electrons. The molecule has 0 saturated carbocycles. The average molecular weight is 509 g/mol. The number of hydrogen-bond donors (Lipinski definition) is 2. The number of aromatic nitrogens is 1. The Hall–Kier alpha value is -0.940. The summed E-state index contributed by atoms with van der Waals surface area (Å²) in [4.78, 5) is 10.7. The first-order valence-corrected chi connectivity index (χ1v) is 10.7. The van der Waals surface area contributed by atoms with Crippen molar-refractivity contribution in [1.29, 1.82) is 0 Å². The van der Waals surface area contributed by atoms with Crippen molar-refractivity contribution in [3.05, 3.63) is 24.5 Å². The number of likely N-dealkylation sites (tertiary alicyclic amines) is 1. The van der Waals surface area contributed by atoms with Crippen molar-refractivity contribution in [2.75, 3.05) is 33.2 Å².